The number of thiocarbonyl (C=S) groups is 1. The fourth-order valence-corrected chi connectivity index (χ4v) is 3.50. The molecule has 0 amide bonds. The number of nitrogens with two attached hydrogens (primary N) is 1. The minimum absolute atomic E-state index is 0.0782. The zero-order chi connectivity index (χ0) is 14.6. The number of hydrogen-bond acceptors (Lipinski definition) is 3. The van der Waals surface area contributed by atoms with Gasteiger partial charge in [0.25, 0.3) is 0 Å². The van der Waals surface area contributed by atoms with Gasteiger partial charge in [-0.2, -0.15) is 0 Å². The summed E-state index contributed by atoms with van der Waals surface area (Å²) in [7, 11) is -3.48. The number of sulfonamides is 1. The molecule has 0 bridgehead atoms. The van der Waals surface area contributed by atoms with E-state index >= 15 is 0 Å². The highest BCUT2D eigenvalue weighted by atomic mass is 32.2. The van der Waals surface area contributed by atoms with Gasteiger partial charge in [-0.25, -0.2) is 13.1 Å². The van der Waals surface area contributed by atoms with Crippen LogP contribution in [0.5, 0.6) is 0 Å². The van der Waals surface area contributed by atoms with Crippen LogP contribution in [0.4, 0.5) is 0 Å². The highest BCUT2D eigenvalue weighted by Gasteiger charge is 2.18. The van der Waals surface area contributed by atoms with Crippen LogP contribution in [0.15, 0.2) is 23.1 Å². The van der Waals surface area contributed by atoms with E-state index in [9.17, 15) is 8.42 Å². The molecule has 3 N–H and O–H groups in total. The molecule has 0 aromatic heterocycles. The molecule has 4 nitrogen and oxygen atoms in total. The van der Waals surface area contributed by atoms with Crippen LogP contribution >= 0.6 is 12.2 Å². The van der Waals surface area contributed by atoms with Crippen molar-refractivity contribution in [3.05, 3.63) is 29.3 Å². The first-order valence-electron chi connectivity index (χ1n) is 6.20. The van der Waals surface area contributed by atoms with E-state index in [1.807, 2.05) is 13.8 Å². The van der Waals surface area contributed by atoms with Crippen LogP contribution in [0.2, 0.25) is 0 Å². The monoisotopic (exact) mass is 300 g/mol. The van der Waals surface area contributed by atoms with E-state index < -0.39 is 10.0 Å². The Bertz CT molecular complexity index is 568. The Kier molecular flexibility index (Phi) is 5.46. The first-order chi connectivity index (χ1) is 8.77. The first kappa shape index (κ1) is 16.1. The normalized spacial score (nSPS) is 13.2. The van der Waals surface area contributed by atoms with Gasteiger partial charge in [-0.1, -0.05) is 31.6 Å². The van der Waals surface area contributed by atoms with Crippen LogP contribution in [0.1, 0.15) is 37.8 Å². The van der Waals surface area contributed by atoms with Crippen molar-refractivity contribution in [3.63, 3.8) is 0 Å². The lowest BCUT2D eigenvalue weighted by Gasteiger charge is -2.14. The Labute approximate surface area is 120 Å². The zero-order valence-corrected chi connectivity index (χ0v) is 13.1. The molecule has 1 aromatic rings. The standard InChI is InChI=1S/C13H20N2O2S2/c1-4-5-10(3)15-19(16,17)11-6-7-12(13(14)18)9(2)8-11/h6-8,10,15H,4-5H2,1-3H3,(H2,14,18). The van der Waals surface area contributed by atoms with Crippen LogP contribution in [0, 0.1) is 6.92 Å². The largest absolute Gasteiger partial charge is 0.389 e. The third-order valence-electron chi connectivity index (χ3n) is 2.85. The molecule has 6 heteroatoms. The third-order valence-corrected chi connectivity index (χ3v) is 4.66. The summed E-state index contributed by atoms with van der Waals surface area (Å²) in [6, 6.07) is 4.69. The number of aryl methyl sites for hydroxylation is 1. The Balaban J connectivity index is 3.03. The summed E-state index contributed by atoms with van der Waals surface area (Å²) in [4.78, 5) is 0.515. The lowest BCUT2D eigenvalue weighted by atomic mass is 10.1. The molecule has 1 rings (SSSR count). The topological polar surface area (TPSA) is 72.2 Å². The second-order valence-electron chi connectivity index (χ2n) is 4.65. The minimum Gasteiger partial charge on any atom is -0.389 e. The van der Waals surface area contributed by atoms with Crippen molar-refractivity contribution in [2.45, 2.75) is 44.6 Å². The molecular formula is C13H20N2O2S2. The smallest absolute Gasteiger partial charge is 0.240 e. The molecule has 0 saturated heterocycles. The first-order valence-corrected chi connectivity index (χ1v) is 8.10. The van der Waals surface area contributed by atoms with Gasteiger partial charge in [-0.3, -0.25) is 0 Å². The molecule has 0 fully saturated rings. The Morgan fingerprint density at radius 1 is 1.47 bits per heavy atom. The van der Waals surface area contributed by atoms with Crippen molar-refractivity contribution >= 4 is 27.2 Å². The summed E-state index contributed by atoms with van der Waals surface area (Å²) < 4.78 is 27.0. The SMILES string of the molecule is CCCC(C)NS(=O)(=O)c1ccc(C(N)=S)c(C)c1. The average Bonchev–Trinajstić information content (AvgIpc) is 2.27. The molecule has 0 radical (unpaired) electrons. The zero-order valence-electron chi connectivity index (χ0n) is 11.4. The molecule has 0 saturated carbocycles. The van der Waals surface area contributed by atoms with Crippen molar-refractivity contribution in [2.75, 3.05) is 0 Å². The number of nitrogens with one attached hydrogen (secondary N) is 1. The maximum Gasteiger partial charge on any atom is 0.240 e. The molecule has 1 atom stereocenters. The molecule has 1 unspecified atom stereocenters. The van der Waals surface area contributed by atoms with E-state index in [1.165, 1.54) is 6.07 Å². The molecule has 0 aliphatic rings. The van der Waals surface area contributed by atoms with Crippen LogP contribution < -0.4 is 10.5 Å². The summed E-state index contributed by atoms with van der Waals surface area (Å²) in [6.07, 6.45) is 1.74. The molecule has 0 aliphatic carbocycles. The predicted molar refractivity (Wildman–Crippen MR) is 81.8 cm³/mol. The molecule has 106 valence electrons. The van der Waals surface area contributed by atoms with Crippen molar-refractivity contribution in [1.82, 2.24) is 4.72 Å². The van der Waals surface area contributed by atoms with E-state index in [0.717, 1.165) is 18.4 Å². The summed E-state index contributed by atoms with van der Waals surface area (Å²) in [6.45, 7) is 5.67. The van der Waals surface area contributed by atoms with E-state index in [1.54, 1.807) is 19.1 Å². The molecule has 19 heavy (non-hydrogen) atoms. The van der Waals surface area contributed by atoms with Crippen LogP contribution in [-0.2, 0) is 10.0 Å². The number of hydrogen-bond donors (Lipinski definition) is 2. The van der Waals surface area contributed by atoms with Gasteiger partial charge in [-0.05, 0) is 38.0 Å². The third kappa shape index (κ3) is 4.26. The van der Waals surface area contributed by atoms with Crippen LogP contribution in [-0.4, -0.2) is 19.4 Å². The molecule has 0 spiro atoms. The lowest BCUT2D eigenvalue weighted by Crippen LogP contribution is -2.32. The molecule has 0 heterocycles. The maximum absolute atomic E-state index is 12.2. The second-order valence-corrected chi connectivity index (χ2v) is 6.81. The van der Waals surface area contributed by atoms with Crippen LogP contribution in [0.3, 0.4) is 0 Å². The number of benzene rings is 1. The van der Waals surface area contributed by atoms with Gasteiger partial charge in [0, 0.05) is 11.6 Å². The van der Waals surface area contributed by atoms with Gasteiger partial charge in [0.15, 0.2) is 0 Å². The minimum atomic E-state index is -3.48. The maximum atomic E-state index is 12.2. The van der Waals surface area contributed by atoms with Gasteiger partial charge < -0.3 is 5.73 Å². The van der Waals surface area contributed by atoms with Gasteiger partial charge in [-0.15, -0.1) is 0 Å². The van der Waals surface area contributed by atoms with Crippen molar-refractivity contribution < 1.29 is 8.42 Å². The van der Waals surface area contributed by atoms with Gasteiger partial charge >= 0.3 is 0 Å². The number of rotatable bonds is 6. The van der Waals surface area contributed by atoms with Gasteiger partial charge in [0.2, 0.25) is 10.0 Å². The fourth-order valence-electron chi connectivity index (χ4n) is 1.90. The fraction of sp³-hybridized carbons (Fsp3) is 0.462. The van der Waals surface area contributed by atoms with E-state index in [0.29, 0.717) is 5.56 Å². The Morgan fingerprint density at radius 3 is 2.58 bits per heavy atom. The van der Waals surface area contributed by atoms with Gasteiger partial charge in [0.05, 0.1) is 4.90 Å². The quantitative estimate of drug-likeness (QED) is 0.789. The molecular weight excluding hydrogens is 280 g/mol. The van der Waals surface area contributed by atoms with E-state index in [-0.39, 0.29) is 15.9 Å². The summed E-state index contributed by atoms with van der Waals surface area (Å²) in [5, 5.41) is 0. The average molecular weight is 300 g/mol. The Morgan fingerprint density at radius 2 is 2.11 bits per heavy atom. The van der Waals surface area contributed by atoms with Crippen molar-refractivity contribution in [3.8, 4) is 0 Å². The van der Waals surface area contributed by atoms with Crippen molar-refractivity contribution in [1.29, 1.82) is 0 Å². The summed E-state index contributed by atoms with van der Waals surface area (Å²) in [5.41, 5.74) is 7.03. The van der Waals surface area contributed by atoms with Crippen LogP contribution in [0.25, 0.3) is 0 Å². The summed E-state index contributed by atoms with van der Waals surface area (Å²) in [5.74, 6) is 0. The molecule has 1 aromatic carbocycles. The highest BCUT2D eigenvalue weighted by Crippen LogP contribution is 2.16. The lowest BCUT2D eigenvalue weighted by molar-refractivity contribution is 0.544. The van der Waals surface area contributed by atoms with E-state index in [4.69, 9.17) is 18.0 Å². The van der Waals surface area contributed by atoms with Gasteiger partial charge in [0.1, 0.15) is 4.99 Å². The summed E-state index contributed by atoms with van der Waals surface area (Å²) >= 11 is 4.90. The van der Waals surface area contributed by atoms with Crippen molar-refractivity contribution in [2.24, 2.45) is 5.73 Å². The molecule has 0 aliphatic heterocycles. The predicted octanol–water partition coefficient (Wildman–Crippen LogP) is 2.10. The van der Waals surface area contributed by atoms with E-state index in [2.05, 4.69) is 4.72 Å². The second kappa shape index (κ2) is 6.45. The Hall–Kier alpha value is -0.980. The highest BCUT2D eigenvalue weighted by molar-refractivity contribution is 7.89.